The normalized spacial score (nSPS) is 12.7. The second-order valence-electron chi connectivity index (χ2n) is 4.08. The number of aromatic nitrogens is 2. The molecule has 3 heteroatoms. The van der Waals surface area contributed by atoms with Gasteiger partial charge in [-0.05, 0) is 30.9 Å². The van der Waals surface area contributed by atoms with Crippen molar-refractivity contribution in [3.05, 3.63) is 35.1 Å². The molecule has 0 N–H and O–H groups in total. The average Bonchev–Trinajstić information content (AvgIpc) is 2.78. The highest BCUT2D eigenvalue weighted by atomic mass is 32.1. The van der Waals surface area contributed by atoms with Crippen molar-refractivity contribution in [2.24, 2.45) is 0 Å². The van der Waals surface area contributed by atoms with E-state index in [-0.39, 0.29) is 0 Å². The van der Waals surface area contributed by atoms with Gasteiger partial charge in [0.1, 0.15) is 5.01 Å². The molecule has 2 heterocycles. The molecule has 2 nitrogen and oxygen atoms in total. The maximum Gasteiger partial charge on any atom is 0.125 e. The monoisotopic (exact) mass is 232 g/mol. The van der Waals surface area contributed by atoms with Crippen LogP contribution in [0.3, 0.4) is 0 Å². The van der Waals surface area contributed by atoms with Crippen molar-refractivity contribution in [3.63, 3.8) is 0 Å². The van der Waals surface area contributed by atoms with E-state index in [1.807, 2.05) is 18.5 Å². The van der Waals surface area contributed by atoms with Gasteiger partial charge in [-0.1, -0.05) is 13.8 Å². The standard InChI is InChI=1S/C13H16N2S/c1-4-9(2)12-8-16-13(15-12)11-7-14-6-5-10(11)3/h5-9H,4H2,1-3H3. The summed E-state index contributed by atoms with van der Waals surface area (Å²) in [5, 5.41) is 3.25. The molecule has 16 heavy (non-hydrogen) atoms. The SMILES string of the molecule is CCC(C)c1csc(-c2cnccc2C)n1. The summed E-state index contributed by atoms with van der Waals surface area (Å²) in [7, 11) is 0. The Kier molecular flexibility index (Phi) is 3.34. The fraction of sp³-hybridized carbons (Fsp3) is 0.385. The Morgan fingerprint density at radius 2 is 2.25 bits per heavy atom. The zero-order valence-corrected chi connectivity index (χ0v) is 10.7. The topological polar surface area (TPSA) is 25.8 Å². The summed E-state index contributed by atoms with van der Waals surface area (Å²) >= 11 is 1.71. The first kappa shape index (κ1) is 11.3. The summed E-state index contributed by atoms with van der Waals surface area (Å²) in [6, 6.07) is 2.03. The number of nitrogens with zero attached hydrogens (tertiary/aromatic N) is 2. The highest BCUT2D eigenvalue weighted by Gasteiger charge is 2.10. The molecule has 0 aromatic carbocycles. The third-order valence-electron chi connectivity index (χ3n) is 2.91. The van der Waals surface area contributed by atoms with E-state index in [0.29, 0.717) is 5.92 Å². The van der Waals surface area contributed by atoms with E-state index in [4.69, 9.17) is 4.98 Å². The van der Waals surface area contributed by atoms with Crippen molar-refractivity contribution >= 4 is 11.3 Å². The van der Waals surface area contributed by atoms with Crippen LogP contribution in [0.2, 0.25) is 0 Å². The van der Waals surface area contributed by atoms with Gasteiger partial charge in [0.2, 0.25) is 0 Å². The van der Waals surface area contributed by atoms with Gasteiger partial charge in [-0.15, -0.1) is 11.3 Å². The number of hydrogen-bond acceptors (Lipinski definition) is 3. The maximum atomic E-state index is 4.69. The van der Waals surface area contributed by atoms with Crippen LogP contribution in [0.1, 0.15) is 37.4 Å². The van der Waals surface area contributed by atoms with Gasteiger partial charge >= 0.3 is 0 Å². The first-order valence-corrected chi connectivity index (χ1v) is 6.46. The molecule has 0 saturated heterocycles. The van der Waals surface area contributed by atoms with E-state index < -0.39 is 0 Å². The highest BCUT2D eigenvalue weighted by molar-refractivity contribution is 7.13. The van der Waals surface area contributed by atoms with Crippen molar-refractivity contribution in [2.75, 3.05) is 0 Å². The molecule has 0 aliphatic carbocycles. The molecule has 0 aliphatic rings. The van der Waals surface area contributed by atoms with Crippen LogP contribution in [0.4, 0.5) is 0 Å². The Balaban J connectivity index is 2.35. The van der Waals surface area contributed by atoms with Crippen molar-refractivity contribution in [3.8, 4) is 10.6 Å². The smallest absolute Gasteiger partial charge is 0.125 e. The molecule has 2 aromatic heterocycles. The zero-order chi connectivity index (χ0) is 11.5. The minimum Gasteiger partial charge on any atom is -0.264 e. The predicted octanol–water partition coefficient (Wildman–Crippen LogP) is 4.03. The molecular weight excluding hydrogens is 216 g/mol. The first-order valence-electron chi connectivity index (χ1n) is 5.58. The molecule has 0 radical (unpaired) electrons. The molecular formula is C13H16N2S. The molecule has 0 bridgehead atoms. The molecule has 0 amide bonds. The zero-order valence-electron chi connectivity index (χ0n) is 9.90. The summed E-state index contributed by atoms with van der Waals surface area (Å²) in [6.07, 6.45) is 4.85. The van der Waals surface area contributed by atoms with Crippen molar-refractivity contribution in [1.82, 2.24) is 9.97 Å². The molecule has 0 fully saturated rings. The van der Waals surface area contributed by atoms with E-state index >= 15 is 0 Å². The molecule has 2 aromatic rings. The third kappa shape index (κ3) is 2.14. The van der Waals surface area contributed by atoms with E-state index in [0.717, 1.165) is 17.0 Å². The summed E-state index contributed by atoms with van der Waals surface area (Å²) < 4.78 is 0. The lowest BCUT2D eigenvalue weighted by molar-refractivity contribution is 0.714. The van der Waals surface area contributed by atoms with Gasteiger partial charge in [-0.25, -0.2) is 4.98 Å². The van der Waals surface area contributed by atoms with Crippen molar-refractivity contribution in [2.45, 2.75) is 33.1 Å². The van der Waals surface area contributed by atoms with Gasteiger partial charge in [-0.3, -0.25) is 4.98 Å². The lowest BCUT2D eigenvalue weighted by atomic mass is 10.1. The Morgan fingerprint density at radius 1 is 1.44 bits per heavy atom. The number of hydrogen-bond donors (Lipinski definition) is 0. The molecule has 84 valence electrons. The average molecular weight is 232 g/mol. The summed E-state index contributed by atoms with van der Waals surface area (Å²) in [6.45, 7) is 6.51. The molecule has 1 atom stereocenters. The summed E-state index contributed by atoms with van der Waals surface area (Å²) in [5.41, 5.74) is 3.59. The maximum absolute atomic E-state index is 4.69. The Morgan fingerprint density at radius 3 is 2.94 bits per heavy atom. The van der Waals surface area contributed by atoms with Crippen LogP contribution in [0.5, 0.6) is 0 Å². The van der Waals surface area contributed by atoms with E-state index in [9.17, 15) is 0 Å². The van der Waals surface area contributed by atoms with E-state index in [1.54, 1.807) is 11.3 Å². The molecule has 0 aliphatic heterocycles. The van der Waals surface area contributed by atoms with Crippen LogP contribution >= 0.6 is 11.3 Å². The minimum atomic E-state index is 0.543. The van der Waals surface area contributed by atoms with Crippen LogP contribution in [-0.4, -0.2) is 9.97 Å². The van der Waals surface area contributed by atoms with Gasteiger partial charge in [0.15, 0.2) is 0 Å². The van der Waals surface area contributed by atoms with E-state index in [1.165, 1.54) is 11.3 Å². The molecule has 2 rings (SSSR count). The molecule has 0 saturated carbocycles. The lowest BCUT2D eigenvalue weighted by Gasteiger charge is -2.03. The Labute approximate surface area is 100 Å². The number of rotatable bonds is 3. The summed E-state index contributed by atoms with van der Waals surface area (Å²) in [5.74, 6) is 0.543. The highest BCUT2D eigenvalue weighted by Crippen LogP contribution is 2.29. The first-order chi connectivity index (χ1) is 7.72. The lowest BCUT2D eigenvalue weighted by Crippen LogP contribution is -1.91. The van der Waals surface area contributed by atoms with Crippen LogP contribution in [0, 0.1) is 6.92 Å². The van der Waals surface area contributed by atoms with E-state index in [2.05, 4.69) is 31.1 Å². The fourth-order valence-electron chi connectivity index (χ4n) is 1.53. The van der Waals surface area contributed by atoms with Crippen molar-refractivity contribution < 1.29 is 0 Å². The number of aryl methyl sites for hydroxylation is 1. The van der Waals surface area contributed by atoms with Gasteiger partial charge < -0.3 is 0 Å². The quantitative estimate of drug-likeness (QED) is 0.798. The van der Waals surface area contributed by atoms with Gasteiger partial charge in [0, 0.05) is 23.3 Å². The van der Waals surface area contributed by atoms with Gasteiger partial charge in [-0.2, -0.15) is 0 Å². The van der Waals surface area contributed by atoms with Crippen LogP contribution in [-0.2, 0) is 0 Å². The molecule has 1 unspecified atom stereocenters. The summed E-state index contributed by atoms with van der Waals surface area (Å²) in [4.78, 5) is 8.85. The third-order valence-corrected chi connectivity index (χ3v) is 3.80. The number of thiazole rings is 1. The van der Waals surface area contributed by atoms with Crippen LogP contribution in [0.15, 0.2) is 23.8 Å². The Bertz CT molecular complexity index is 476. The fourth-order valence-corrected chi connectivity index (χ4v) is 2.55. The largest absolute Gasteiger partial charge is 0.264 e. The van der Waals surface area contributed by atoms with Gasteiger partial charge in [0.25, 0.3) is 0 Å². The number of pyridine rings is 1. The van der Waals surface area contributed by atoms with Crippen LogP contribution < -0.4 is 0 Å². The Hall–Kier alpha value is -1.22. The molecule has 0 spiro atoms. The second-order valence-corrected chi connectivity index (χ2v) is 4.94. The predicted molar refractivity (Wildman–Crippen MR) is 68.8 cm³/mol. The van der Waals surface area contributed by atoms with Gasteiger partial charge in [0.05, 0.1) is 5.69 Å². The second kappa shape index (κ2) is 4.74. The minimum absolute atomic E-state index is 0.543. The van der Waals surface area contributed by atoms with Crippen LogP contribution in [0.25, 0.3) is 10.6 Å². The van der Waals surface area contributed by atoms with Crippen molar-refractivity contribution in [1.29, 1.82) is 0 Å².